The van der Waals surface area contributed by atoms with Gasteiger partial charge in [-0.2, -0.15) is 0 Å². The fourth-order valence-corrected chi connectivity index (χ4v) is 2.43. The Morgan fingerprint density at radius 1 is 1.32 bits per heavy atom. The molecule has 1 aliphatic heterocycles. The molecule has 0 bridgehead atoms. The highest BCUT2D eigenvalue weighted by molar-refractivity contribution is 6.00. The molecule has 1 aromatic carbocycles. The summed E-state index contributed by atoms with van der Waals surface area (Å²) in [6.07, 6.45) is 3.37. The summed E-state index contributed by atoms with van der Waals surface area (Å²) in [4.78, 5) is 14.6. The van der Waals surface area contributed by atoms with Crippen molar-refractivity contribution in [2.45, 2.75) is 33.1 Å². The third-order valence-electron chi connectivity index (χ3n) is 3.46. The van der Waals surface area contributed by atoms with E-state index in [-0.39, 0.29) is 5.78 Å². The monoisotopic (exact) mass is 261 g/mol. The number of ether oxygens (including phenoxy) is 1. The number of carbonyl (C=O) groups excluding carboxylic acids is 1. The van der Waals surface area contributed by atoms with Crippen LogP contribution in [0, 0.1) is 6.92 Å². The molecule has 1 aromatic rings. The van der Waals surface area contributed by atoms with E-state index in [9.17, 15) is 4.79 Å². The van der Waals surface area contributed by atoms with Gasteiger partial charge in [-0.1, -0.05) is 18.6 Å². The molecule has 0 unspecified atom stereocenters. The standard InChI is InChI=1S/C16H23NO2/c1-3-10-19-16-7-6-13(2)11-14(16)15(18)12-17-8-4-5-9-17/h6-7,11H,3-5,8-10,12H2,1-2H3. The number of hydrogen-bond acceptors (Lipinski definition) is 3. The predicted octanol–water partition coefficient (Wildman–Crippen LogP) is 3.06. The Labute approximate surface area is 115 Å². The largest absolute Gasteiger partial charge is 0.493 e. The van der Waals surface area contributed by atoms with Gasteiger partial charge < -0.3 is 4.74 Å². The molecule has 19 heavy (non-hydrogen) atoms. The first-order chi connectivity index (χ1) is 9.20. The van der Waals surface area contributed by atoms with Gasteiger partial charge in [-0.05, 0) is 51.4 Å². The van der Waals surface area contributed by atoms with Crippen molar-refractivity contribution in [2.24, 2.45) is 0 Å². The maximum atomic E-state index is 12.4. The van der Waals surface area contributed by atoms with Crippen LogP contribution in [0.2, 0.25) is 0 Å². The maximum absolute atomic E-state index is 12.4. The van der Waals surface area contributed by atoms with Crippen LogP contribution >= 0.6 is 0 Å². The van der Waals surface area contributed by atoms with Crippen LogP contribution in [0.5, 0.6) is 5.75 Å². The molecular formula is C16H23NO2. The van der Waals surface area contributed by atoms with Gasteiger partial charge in [-0.15, -0.1) is 0 Å². The van der Waals surface area contributed by atoms with Crippen LogP contribution < -0.4 is 4.74 Å². The molecule has 1 fully saturated rings. The van der Waals surface area contributed by atoms with E-state index in [0.717, 1.165) is 36.4 Å². The van der Waals surface area contributed by atoms with Crippen LogP contribution in [0.15, 0.2) is 18.2 Å². The summed E-state index contributed by atoms with van der Waals surface area (Å²) < 4.78 is 5.69. The summed E-state index contributed by atoms with van der Waals surface area (Å²) >= 11 is 0. The lowest BCUT2D eigenvalue weighted by Gasteiger charge is -2.16. The summed E-state index contributed by atoms with van der Waals surface area (Å²) in [6, 6.07) is 5.86. The highest BCUT2D eigenvalue weighted by atomic mass is 16.5. The second-order valence-corrected chi connectivity index (χ2v) is 5.25. The Morgan fingerprint density at radius 3 is 2.74 bits per heavy atom. The first kappa shape index (κ1) is 14.1. The van der Waals surface area contributed by atoms with E-state index in [4.69, 9.17) is 4.74 Å². The van der Waals surface area contributed by atoms with Gasteiger partial charge in [0.25, 0.3) is 0 Å². The van der Waals surface area contributed by atoms with Gasteiger partial charge in [0.2, 0.25) is 0 Å². The summed E-state index contributed by atoms with van der Waals surface area (Å²) in [5.74, 6) is 0.911. The maximum Gasteiger partial charge on any atom is 0.180 e. The molecule has 1 saturated heterocycles. The van der Waals surface area contributed by atoms with E-state index < -0.39 is 0 Å². The molecule has 0 saturated carbocycles. The number of rotatable bonds is 6. The van der Waals surface area contributed by atoms with Crippen LogP contribution in [0.25, 0.3) is 0 Å². The minimum atomic E-state index is 0.178. The lowest BCUT2D eigenvalue weighted by molar-refractivity contribution is 0.0941. The third kappa shape index (κ3) is 3.80. The molecule has 0 radical (unpaired) electrons. The Kier molecular flexibility index (Phi) is 4.97. The molecule has 0 aromatic heterocycles. The molecule has 3 heteroatoms. The van der Waals surface area contributed by atoms with E-state index in [1.807, 2.05) is 25.1 Å². The van der Waals surface area contributed by atoms with Crippen molar-refractivity contribution in [1.29, 1.82) is 0 Å². The van der Waals surface area contributed by atoms with Crippen molar-refractivity contribution in [3.8, 4) is 5.75 Å². The Hall–Kier alpha value is -1.35. The summed E-state index contributed by atoms with van der Waals surface area (Å²) in [5, 5.41) is 0. The Balaban J connectivity index is 2.11. The molecule has 0 spiro atoms. The van der Waals surface area contributed by atoms with Gasteiger partial charge in [-0.3, -0.25) is 9.69 Å². The molecule has 0 atom stereocenters. The van der Waals surface area contributed by atoms with Crippen LogP contribution in [0.1, 0.15) is 42.1 Å². The van der Waals surface area contributed by atoms with E-state index in [0.29, 0.717) is 13.2 Å². The van der Waals surface area contributed by atoms with Gasteiger partial charge in [0, 0.05) is 0 Å². The Morgan fingerprint density at radius 2 is 2.05 bits per heavy atom. The van der Waals surface area contributed by atoms with Crippen LogP contribution in [-0.2, 0) is 0 Å². The highest BCUT2D eigenvalue weighted by Crippen LogP contribution is 2.22. The number of carbonyl (C=O) groups is 1. The molecule has 2 rings (SSSR count). The number of benzene rings is 1. The zero-order valence-electron chi connectivity index (χ0n) is 11.9. The fraction of sp³-hybridized carbons (Fsp3) is 0.562. The summed E-state index contributed by atoms with van der Waals surface area (Å²) in [6.45, 7) is 7.35. The summed E-state index contributed by atoms with van der Waals surface area (Å²) in [5.41, 5.74) is 1.84. The molecule has 0 N–H and O–H groups in total. The number of hydrogen-bond donors (Lipinski definition) is 0. The highest BCUT2D eigenvalue weighted by Gasteiger charge is 2.19. The zero-order chi connectivity index (χ0) is 13.7. The second-order valence-electron chi connectivity index (χ2n) is 5.25. The first-order valence-electron chi connectivity index (χ1n) is 7.19. The Bertz CT molecular complexity index is 436. The van der Waals surface area contributed by atoms with Crippen LogP contribution in [0.3, 0.4) is 0 Å². The van der Waals surface area contributed by atoms with E-state index >= 15 is 0 Å². The van der Waals surface area contributed by atoms with Crippen LogP contribution in [0.4, 0.5) is 0 Å². The topological polar surface area (TPSA) is 29.5 Å². The van der Waals surface area contributed by atoms with Crippen molar-refractivity contribution in [2.75, 3.05) is 26.2 Å². The van der Waals surface area contributed by atoms with Crippen LogP contribution in [-0.4, -0.2) is 36.9 Å². The summed E-state index contributed by atoms with van der Waals surface area (Å²) in [7, 11) is 0. The zero-order valence-corrected chi connectivity index (χ0v) is 11.9. The van der Waals surface area contributed by atoms with Crippen molar-refractivity contribution in [1.82, 2.24) is 4.90 Å². The van der Waals surface area contributed by atoms with Crippen molar-refractivity contribution in [3.63, 3.8) is 0 Å². The molecule has 104 valence electrons. The lowest BCUT2D eigenvalue weighted by atomic mass is 10.1. The number of ketones is 1. The average Bonchev–Trinajstić information content (AvgIpc) is 2.90. The molecule has 1 aliphatic rings. The SMILES string of the molecule is CCCOc1ccc(C)cc1C(=O)CN1CCCC1. The van der Waals surface area contributed by atoms with Gasteiger partial charge in [0.05, 0.1) is 18.7 Å². The van der Waals surface area contributed by atoms with Crippen molar-refractivity contribution < 1.29 is 9.53 Å². The minimum Gasteiger partial charge on any atom is -0.493 e. The van der Waals surface area contributed by atoms with Gasteiger partial charge in [-0.25, -0.2) is 0 Å². The van der Waals surface area contributed by atoms with Gasteiger partial charge >= 0.3 is 0 Å². The number of Topliss-reactive ketones (excluding diaryl/α,β-unsaturated/α-hetero) is 1. The normalized spacial score (nSPS) is 15.7. The number of nitrogens with zero attached hydrogens (tertiary/aromatic N) is 1. The van der Waals surface area contributed by atoms with Crippen molar-refractivity contribution in [3.05, 3.63) is 29.3 Å². The number of aryl methyl sites for hydroxylation is 1. The van der Waals surface area contributed by atoms with E-state index in [1.165, 1.54) is 12.8 Å². The number of likely N-dealkylation sites (tertiary alicyclic amines) is 1. The average molecular weight is 261 g/mol. The quantitative estimate of drug-likeness (QED) is 0.737. The predicted molar refractivity (Wildman–Crippen MR) is 77.0 cm³/mol. The molecule has 1 heterocycles. The molecule has 3 nitrogen and oxygen atoms in total. The van der Waals surface area contributed by atoms with E-state index in [2.05, 4.69) is 11.8 Å². The minimum absolute atomic E-state index is 0.178. The lowest BCUT2D eigenvalue weighted by Crippen LogP contribution is -2.27. The first-order valence-corrected chi connectivity index (χ1v) is 7.19. The van der Waals surface area contributed by atoms with Gasteiger partial charge in [0.15, 0.2) is 5.78 Å². The molecule has 0 amide bonds. The fourth-order valence-electron chi connectivity index (χ4n) is 2.43. The third-order valence-corrected chi connectivity index (χ3v) is 3.46. The molecular weight excluding hydrogens is 238 g/mol. The smallest absolute Gasteiger partial charge is 0.180 e. The second kappa shape index (κ2) is 6.71. The molecule has 0 aliphatic carbocycles. The van der Waals surface area contributed by atoms with Crippen molar-refractivity contribution >= 4 is 5.78 Å². The van der Waals surface area contributed by atoms with E-state index in [1.54, 1.807) is 0 Å². The van der Waals surface area contributed by atoms with Gasteiger partial charge in [0.1, 0.15) is 5.75 Å².